The van der Waals surface area contributed by atoms with Crippen LogP contribution in [-0.2, 0) is 10.8 Å². The highest BCUT2D eigenvalue weighted by Crippen LogP contribution is 2.47. The molecular weight excluding hydrogens is 518 g/mol. The molecule has 3 heterocycles. The van der Waals surface area contributed by atoms with Crippen LogP contribution in [0.4, 0.5) is 11.4 Å². The highest BCUT2D eigenvalue weighted by molar-refractivity contribution is 6.04. The smallest absolute Gasteiger partial charge is 0.209 e. The summed E-state index contributed by atoms with van der Waals surface area (Å²) in [7, 11) is 0. The number of aromatic nitrogens is 1. The average Bonchev–Trinajstić information content (AvgIpc) is 3.32. The second-order valence-corrected chi connectivity index (χ2v) is 12.2. The minimum absolute atomic E-state index is 0.0674. The molecule has 0 aliphatic carbocycles. The third-order valence-electron chi connectivity index (χ3n) is 8.63. The Morgan fingerprint density at radius 2 is 1.64 bits per heavy atom. The van der Waals surface area contributed by atoms with Crippen LogP contribution in [0.3, 0.4) is 0 Å². The highest BCUT2D eigenvalue weighted by atomic mass is 16.4. The van der Waals surface area contributed by atoms with Gasteiger partial charge in [-0.15, -0.1) is 0 Å². The Hall–Kier alpha value is -4.25. The number of carboxylic acids is 1. The Morgan fingerprint density at radius 3 is 2.31 bits per heavy atom. The van der Waals surface area contributed by atoms with Crippen LogP contribution in [0.15, 0.2) is 96.9 Å². The largest absolute Gasteiger partial charge is 0.545 e. The van der Waals surface area contributed by atoms with Gasteiger partial charge in [-0.25, -0.2) is 0 Å². The Morgan fingerprint density at radius 1 is 0.929 bits per heavy atom. The van der Waals surface area contributed by atoms with Gasteiger partial charge in [-0.05, 0) is 56.2 Å². The van der Waals surface area contributed by atoms with E-state index in [4.69, 9.17) is 0 Å². The average molecular weight is 560 g/mol. The monoisotopic (exact) mass is 559 g/mol. The maximum atomic E-state index is 11.4. The summed E-state index contributed by atoms with van der Waals surface area (Å²) < 4.78 is 2.42. The van der Waals surface area contributed by atoms with E-state index in [1.807, 2.05) is 0 Å². The summed E-state index contributed by atoms with van der Waals surface area (Å²) in [5, 5.41) is 11.4. The van der Waals surface area contributed by atoms with Gasteiger partial charge in [0.2, 0.25) is 5.69 Å². The second-order valence-electron chi connectivity index (χ2n) is 12.2. The molecule has 3 aromatic rings. The fraction of sp³-hybridized carbons (Fsp3) is 0.324. The molecule has 0 spiro atoms. The summed E-state index contributed by atoms with van der Waals surface area (Å²) in [4.78, 5) is 18.4. The Bertz CT molecular complexity index is 1620. The molecule has 1 aromatic heterocycles. The SMILES string of the molecule is CCCN1/C(=C/C=C(/C=C/C2=[N+](CCC)c3ccccc3C2(C)C)c2ccc(C(=O)[O-])cn2)C(C)(C)c2ccccc21. The number of carboxylic acid groups (broad SMARTS) is 1. The van der Waals surface area contributed by atoms with Crippen molar-refractivity contribution >= 4 is 28.6 Å². The third-order valence-corrected chi connectivity index (χ3v) is 8.63. The molecule has 0 N–H and O–H groups in total. The Labute approximate surface area is 250 Å². The quantitative estimate of drug-likeness (QED) is 0.210. The van der Waals surface area contributed by atoms with Crippen molar-refractivity contribution in [2.75, 3.05) is 18.0 Å². The summed E-state index contributed by atoms with van der Waals surface area (Å²) in [5.41, 5.74) is 8.99. The normalized spacial score (nSPS) is 18.2. The van der Waals surface area contributed by atoms with E-state index in [9.17, 15) is 9.90 Å². The lowest BCUT2D eigenvalue weighted by Crippen LogP contribution is -2.27. The highest BCUT2D eigenvalue weighted by Gasteiger charge is 2.44. The number of carbonyl (C=O) groups is 1. The number of carbonyl (C=O) groups excluding carboxylic acids is 1. The van der Waals surface area contributed by atoms with Crippen LogP contribution in [-0.4, -0.2) is 34.3 Å². The number of aromatic carboxylic acids is 1. The van der Waals surface area contributed by atoms with Crippen molar-refractivity contribution in [3.63, 3.8) is 0 Å². The first-order valence-electron chi connectivity index (χ1n) is 15.0. The first kappa shape index (κ1) is 29.2. The summed E-state index contributed by atoms with van der Waals surface area (Å²) >= 11 is 0. The van der Waals surface area contributed by atoms with Crippen molar-refractivity contribution in [1.29, 1.82) is 0 Å². The first-order chi connectivity index (χ1) is 20.1. The van der Waals surface area contributed by atoms with Crippen LogP contribution < -0.4 is 10.0 Å². The molecule has 2 aromatic carbocycles. The molecule has 42 heavy (non-hydrogen) atoms. The lowest BCUT2D eigenvalue weighted by molar-refractivity contribution is -0.437. The molecular formula is C37H41N3O2. The number of nitrogens with zero attached hydrogens (tertiary/aromatic N) is 3. The molecule has 5 heteroatoms. The standard InChI is InChI=1S/C37H41N3O2/c1-7-23-39-31-15-11-9-13-28(31)36(3,4)33(39)21-18-26(30-20-17-27(25-38-30)35(41)42)19-22-34-37(5,6)29-14-10-12-16-32(29)40(34)24-8-2/h9-22,25H,7-8,23-24H2,1-6H3. The van der Waals surface area contributed by atoms with Gasteiger partial charge in [0.25, 0.3) is 0 Å². The van der Waals surface area contributed by atoms with E-state index >= 15 is 0 Å². The van der Waals surface area contributed by atoms with Gasteiger partial charge in [0, 0.05) is 64.8 Å². The zero-order valence-electron chi connectivity index (χ0n) is 25.6. The van der Waals surface area contributed by atoms with Gasteiger partial charge in [-0.2, -0.15) is 4.58 Å². The molecule has 0 bridgehead atoms. The van der Waals surface area contributed by atoms with Crippen molar-refractivity contribution in [3.8, 4) is 0 Å². The zero-order valence-corrected chi connectivity index (χ0v) is 25.6. The van der Waals surface area contributed by atoms with Crippen molar-refractivity contribution in [2.45, 2.75) is 65.2 Å². The zero-order chi connectivity index (χ0) is 30.1. The summed E-state index contributed by atoms with van der Waals surface area (Å²) in [5.74, 6) is -1.23. The number of hydrogen-bond donors (Lipinski definition) is 0. The number of pyridine rings is 1. The predicted molar refractivity (Wildman–Crippen MR) is 170 cm³/mol. The minimum Gasteiger partial charge on any atom is -0.545 e. The Kier molecular flexibility index (Phi) is 8.05. The Balaban J connectivity index is 1.63. The number of hydrogen-bond acceptors (Lipinski definition) is 4. The third kappa shape index (κ3) is 5.13. The molecule has 5 rings (SSSR count). The van der Waals surface area contributed by atoms with Gasteiger partial charge >= 0.3 is 0 Å². The van der Waals surface area contributed by atoms with Crippen molar-refractivity contribution in [1.82, 2.24) is 4.98 Å². The molecule has 2 aliphatic heterocycles. The minimum atomic E-state index is -1.23. The number of para-hydroxylation sites is 2. The number of allylic oxidation sites excluding steroid dienone is 6. The molecule has 216 valence electrons. The van der Waals surface area contributed by atoms with Gasteiger partial charge in [0.05, 0.1) is 17.1 Å². The molecule has 0 saturated heterocycles. The second kappa shape index (κ2) is 11.6. The van der Waals surface area contributed by atoms with Crippen LogP contribution in [0, 0.1) is 0 Å². The van der Waals surface area contributed by atoms with Crippen LogP contribution in [0.5, 0.6) is 0 Å². The van der Waals surface area contributed by atoms with Gasteiger partial charge in [0.1, 0.15) is 6.54 Å². The van der Waals surface area contributed by atoms with E-state index in [1.54, 1.807) is 12.1 Å². The van der Waals surface area contributed by atoms with Crippen molar-refractivity contribution in [3.05, 3.63) is 119 Å². The molecule has 0 amide bonds. The van der Waals surface area contributed by atoms with Crippen LogP contribution in [0.2, 0.25) is 0 Å². The van der Waals surface area contributed by atoms with Crippen LogP contribution >= 0.6 is 0 Å². The number of rotatable bonds is 9. The molecule has 5 nitrogen and oxygen atoms in total. The molecule has 0 radical (unpaired) electrons. The molecule has 0 fully saturated rings. The van der Waals surface area contributed by atoms with E-state index < -0.39 is 5.97 Å². The number of anilines is 1. The maximum absolute atomic E-state index is 11.4. The van der Waals surface area contributed by atoms with E-state index in [1.165, 1.54) is 40.1 Å². The molecule has 0 saturated carbocycles. The number of benzene rings is 2. The predicted octanol–water partition coefficient (Wildman–Crippen LogP) is 6.96. The van der Waals surface area contributed by atoms with E-state index in [0.29, 0.717) is 5.69 Å². The van der Waals surface area contributed by atoms with Crippen LogP contribution in [0.1, 0.15) is 81.6 Å². The topological polar surface area (TPSA) is 59.3 Å². The van der Waals surface area contributed by atoms with Gasteiger partial charge in [0.15, 0.2) is 5.71 Å². The summed E-state index contributed by atoms with van der Waals surface area (Å²) in [6.07, 6.45) is 12.1. The lowest BCUT2D eigenvalue weighted by Gasteiger charge is -2.26. The van der Waals surface area contributed by atoms with E-state index in [2.05, 4.69) is 129 Å². The number of fused-ring (bicyclic) bond motifs is 2. The molecule has 0 unspecified atom stereocenters. The van der Waals surface area contributed by atoms with Gasteiger partial charge < -0.3 is 14.8 Å². The van der Waals surface area contributed by atoms with Crippen LogP contribution in [0.25, 0.3) is 5.57 Å². The van der Waals surface area contributed by atoms with Gasteiger partial charge in [-0.1, -0.05) is 70.2 Å². The van der Waals surface area contributed by atoms with Crippen molar-refractivity contribution in [2.24, 2.45) is 0 Å². The summed E-state index contributed by atoms with van der Waals surface area (Å²) in [6.45, 7) is 15.4. The van der Waals surface area contributed by atoms with E-state index in [-0.39, 0.29) is 16.4 Å². The van der Waals surface area contributed by atoms with E-state index in [0.717, 1.165) is 31.5 Å². The molecule has 0 atom stereocenters. The molecule has 2 aliphatic rings. The lowest BCUT2D eigenvalue weighted by atomic mass is 9.81. The fourth-order valence-electron chi connectivity index (χ4n) is 6.46. The summed E-state index contributed by atoms with van der Waals surface area (Å²) in [6, 6.07) is 20.6. The van der Waals surface area contributed by atoms with Crippen molar-refractivity contribution < 1.29 is 14.5 Å². The first-order valence-corrected chi connectivity index (χ1v) is 15.0. The maximum Gasteiger partial charge on any atom is 0.209 e. The van der Waals surface area contributed by atoms with Gasteiger partial charge in [-0.3, -0.25) is 4.98 Å². The fourth-order valence-corrected chi connectivity index (χ4v) is 6.46.